The smallest absolute Gasteiger partial charge is 0.123 e. The summed E-state index contributed by atoms with van der Waals surface area (Å²) in [5, 5.41) is 8.26. The first-order valence-electron chi connectivity index (χ1n) is 8.74. The number of para-hydroxylation sites is 1. The molecule has 0 aliphatic carbocycles. The minimum Gasteiger partial charge on any atom is -0.314 e. The largest absolute Gasteiger partial charge is 0.314 e. The predicted molar refractivity (Wildman–Crippen MR) is 99.3 cm³/mol. The van der Waals surface area contributed by atoms with Gasteiger partial charge in [-0.2, -0.15) is 0 Å². The third kappa shape index (κ3) is 2.81. The Bertz CT molecular complexity index is 866. The molecule has 3 aromatic rings. The zero-order valence-electron chi connectivity index (χ0n) is 14.3. The number of piperazine rings is 1. The van der Waals surface area contributed by atoms with Gasteiger partial charge in [0.2, 0.25) is 0 Å². The molecule has 1 fully saturated rings. The molecular formula is C21H22FN3. The maximum atomic E-state index is 13.5. The first-order valence-corrected chi connectivity index (χ1v) is 8.74. The Labute approximate surface area is 147 Å². The van der Waals surface area contributed by atoms with E-state index in [2.05, 4.69) is 46.8 Å². The van der Waals surface area contributed by atoms with Crippen molar-refractivity contribution in [3.8, 4) is 0 Å². The molecule has 1 aliphatic heterocycles. The van der Waals surface area contributed by atoms with Gasteiger partial charge in [-0.05, 0) is 36.2 Å². The van der Waals surface area contributed by atoms with E-state index in [1.54, 1.807) is 12.1 Å². The highest BCUT2D eigenvalue weighted by Gasteiger charge is 2.39. The van der Waals surface area contributed by atoms with Gasteiger partial charge in [0.1, 0.15) is 5.82 Å². The number of benzene rings is 2. The molecule has 0 spiro atoms. The van der Waals surface area contributed by atoms with Gasteiger partial charge in [-0.25, -0.2) is 4.39 Å². The van der Waals surface area contributed by atoms with Crippen LogP contribution in [0.3, 0.4) is 0 Å². The fourth-order valence-electron chi connectivity index (χ4n) is 3.93. The Morgan fingerprint density at radius 1 is 1.04 bits per heavy atom. The fourth-order valence-corrected chi connectivity index (χ4v) is 3.93. The monoisotopic (exact) mass is 335 g/mol. The lowest BCUT2D eigenvalue weighted by Crippen LogP contribution is -2.58. The summed E-state index contributed by atoms with van der Waals surface area (Å²) in [5.41, 5.74) is 2.94. The third-order valence-corrected chi connectivity index (χ3v) is 5.37. The zero-order chi connectivity index (χ0) is 17.3. The van der Waals surface area contributed by atoms with Crippen LogP contribution in [0.1, 0.15) is 18.1 Å². The normalized spacial score (nSPS) is 20.3. The molecule has 25 heavy (non-hydrogen) atoms. The molecule has 2 N–H and O–H groups in total. The lowest BCUT2D eigenvalue weighted by Gasteiger charge is -2.42. The van der Waals surface area contributed by atoms with E-state index in [0.29, 0.717) is 0 Å². The second kappa shape index (κ2) is 6.54. The molecule has 128 valence electrons. The number of fused-ring (bicyclic) bond motifs is 1. The fraction of sp³-hybridized carbons (Fsp3) is 0.286. The van der Waals surface area contributed by atoms with E-state index in [0.717, 1.165) is 36.1 Å². The molecule has 0 amide bonds. The average molecular weight is 335 g/mol. The van der Waals surface area contributed by atoms with Crippen LogP contribution in [0.2, 0.25) is 0 Å². The summed E-state index contributed by atoms with van der Waals surface area (Å²) < 4.78 is 13.5. The van der Waals surface area contributed by atoms with Crippen LogP contribution in [0.25, 0.3) is 10.9 Å². The lowest BCUT2D eigenvalue weighted by atomic mass is 9.69. The summed E-state index contributed by atoms with van der Waals surface area (Å²) >= 11 is 0. The van der Waals surface area contributed by atoms with Crippen molar-refractivity contribution in [2.24, 2.45) is 0 Å². The van der Waals surface area contributed by atoms with Crippen molar-refractivity contribution in [3.63, 3.8) is 0 Å². The minimum absolute atomic E-state index is 0.194. The van der Waals surface area contributed by atoms with Crippen LogP contribution in [0.4, 0.5) is 4.39 Å². The predicted octanol–water partition coefficient (Wildman–Crippen LogP) is 3.24. The molecule has 1 aromatic heterocycles. The van der Waals surface area contributed by atoms with Gasteiger partial charge in [0.15, 0.2) is 0 Å². The van der Waals surface area contributed by atoms with Crippen molar-refractivity contribution in [2.45, 2.75) is 18.4 Å². The SMILES string of the molecule is CC(c1ccc(F)cc1)(c1cccc2cccnc12)C1CNCCN1. The second-order valence-electron chi connectivity index (χ2n) is 6.80. The van der Waals surface area contributed by atoms with Crippen molar-refractivity contribution >= 4 is 10.9 Å². The van der Waals surface area contributed by atoms with Gasteiger partial charge in [-0.1, -0.05) is 36.4 Å². The quantitative estimate of drug-likeness (QED) is 0.771. The highest BCUT2D eigenvalue weighted by molar-refractivity contribution is 5.83. The van der Waals surface area contributed by atoms with Gasteiger partial charge in [-0.3, -0.25) is 4.98 Å². The van der Waals surface area contributed by atoms with Crippen LogP contribution < -0.4 is 10.6 Å². The van der Waals surface area contributed by atoms with Crippen molar-refractivity contribution < 1.29 is 4.39 Å². The molecule has 2 unspecified atom stereocenters. The molecule has 2 heterocycles. The van der Waals surface area contributed by atoms with Crippen molar-refractivity contribution in [1.82, 2.24) is 15.6 Å². The van der Waals surface area contributed by atoms with Crippen molar-refractivity contribution in [2.75, 3.05) is 19.6 Å². The van der Waals surface area contributed by atoms with Crippen molar-refractivity contribution in [1.29, 1.82) is 0 Å². The van der Waals surface area contributed by atoms with E-state index >= 15 is 0 Å². The number of pyridine rings is 1. The van der Waals surface area contributed by atoms with Gasteiger partial charge in [0, 0.05) is 42.7 Å². The molecular weight excluding hydrogens is 313 g/mol. The summed E-state index contributed by atoms with van der Waals surface area (Å²) in [4.78, 5) is 4.66. The summed E-state index contributed by atoms with van der Waals surface area (Å²) in [5.74, 6) is -0.211. The third-order valence-electron chi connectivity index (χ3n) is 5.37. The Balaban J connectivity index is 1.94. The van der Waals surface area contributed by atoms with E-state index in [9.17, 15) is 4.39 Å². The van der Waals surface area contributed by atoms with E-state index in [4.69, 9.17) is 0 Å². The molecule has 1 aliphatic rings. The maximum absolute atomic E-state index is 13.5. The van der Waals surface area contributed by atoms with E-state index in [1.165, 1.54) is 5.56 Å². The average Bonchev–Trinajstić information content (AvgIpc) is 2.68. The zero-order valence-corrected chi connectivity index (χ0v) is 14.3. The highest BCUT2D eigenvalue weighted by Crippen LogP contribution is 2.39. The molecule has 0 radical (unpaired) electrons. The number of nitrogens with zero attached hydrogens (tertiary/aromatic N) is 1. The number of halogens is 1. The van der Waals surface area contributed by atoms with Crippen LogP contribution in [0, 0.1) is 5.82 Å². The second-order valence-corrected chi connectivity index (χ2v) is 6.80. The van der Waals surface area contributed by atoms with Crippen molar-refractivity contribution in [3.05, 3.63) is 77.7 Å². The van der Waals surface area contributed by atoms with Gasteiger partial charge in [0.25, 0.3) is 0 Å². The van der Waals surface area contributed by atoms with Crippen LogP contribution in [0.5, 0.6) is 0 Å². The number of aromatic nitrogens is 1. The molecule has 3 nitrogen and oxygen atoms in total. The van der Waals surface area contributed by atoms with Crippen LogP contribution in [-0.4, -0.2) is 30.7 Å². The molecule has 2 aromatic carbocycles. The lowest BCUT2D eigenvalue weighted by molar-refractivity contribution is 0.317. The minimum atomic E-state index is -0.324. The van der Waals surface area contributed by atoms with Gasteiger partial charge >= 0.3 is 0 Å². The number of hydrogen-bond donors (Lipinski definition) is 2. The summed E-state index contributed by atoms with van der Waals surface area (Å²) in [6.07, 6.45) is 1.84. The van der Waals surface area contributed by atoms with Gasteiger partial charge in [0.05, 0.1) is 5.52 Å². The summed E-state index contributed by atoms with van der Waals surface area (Å²) in [6, 6.07) is 17.4. The Morgan fingerprint density at radius 3 is 2.60 bits per heavy atom. The first-order chi connectivity index (χ1) is 12.2. The summed E-state index contributed by atoms with van der Waals surface area (Å²) in [7, 11) is 0. The van der Waals surface area contributed by atoms with E-state index in [1.807, 2.05) is 24.4 Å². The highest BCUT2D eigenvalue weighted by atomic mass is 19.1. The van der Waals surface area contributed by atoms with E-state index in [-0.39, 0.29) is 17.3 Å². The topological polar surface area (TPSA) is 37.0 Å². The number of nitrogens with one attached hydrogen (secondary N) is 2. The van der Waals surface area contributed by atoms with E-state index < -0.39 is 0 Å². The Hall–Kier alpha value is -2.30. The first kappa shape index (κ1) is 16.2. The Morgan fingerprint density at radius 2 is 1.84 bits per heavy atom. The molecule has 0 saturated carbocycles. The standard InChI is InChI=1S/C21H22FN3/c1-21(19-14-23-12-13-24-19,16-7-9-17(22)10-8-16)18-6-2-4-15-5-3-11-25-20(15)18/h2-11,19,23-24H,12-14H2,1H3. The molecule has 4 rings (SSSR count). The number of hydrogen-bond acceptors (Lipinski definition) is 3. The number of rotatable bonds is 3. The Kier molecular flexibility index (Phi) is 4.24. The van der Waals surface area contributed by atoms with Crippen LogP contribution >= 0.6 is 0 Å². The van der Waals surface area contributed by atoms with Crippen LogP contribution in [-0.2, 0) is 5.41 Å². The molecule has 2 atom stereocenters. The molecule has 0 bridgehead atoms. The summed E-state index contributed by atoms with van der Waals surface area (Å²) in [6.45, 7) is 4.97. The molecule has 4 heteroatoms. The van der Waals surface area contributed by atoms with Gasteiger partial charge < -0.3 is 10.6 Å². The maximum Gasteiger partial charge on any atom is 0.123 e. The van der Waals surface area contributed by atoms with Crippen LogP contribution in [0.15, 0.2) is 60.8 Å². The molecule has 1 saturated heterocycles. The van der Waals surface area contributed by atoms with Gasteiger partial charge in [-0.15, -0.1) is 0 Å².